The van der Waals surface area contributed by atoms with E-state index in [1.807, 2.05) is 12.1 Å². The van der Waals surface area contributed by atoms with Crippen LogP contribution in [-0.2, 0) is 27.7 Å². The first kappa shape index (κ1) is 21.8. The number of hydrogen-bond donors (Lipinski definition) is 3. The molecule has 0 saturated carbocycles. The fourth-order valence-corrected chi connectivity index (χ4v) is 5.90. The minimum Gasteiger partial charge on any atom is -0.398 e. The largest absolute Gasteiger partial charge is 0.398 e. The maximum atomic E-state index is 12.7. The van der Waals surface area contributed by atoms with Gasteiger partial charge in [0.2, 0.25) is 15.9 Å². The van der Waals surface area contributed by atoms with Gasteiger partial charge in [0.05, 0.1) is 6.26 Å². The van der Waals surface area contributed by atoms with Gasteiger partial charge in [-0.3, -0.25) is 9.93 Å². The highest BCUT2D eigenvalue weighted by atomic mass is 32.2. The molecule has 1 aliphatic rings. The average molecular weight is 480 g/mol. The third-order valence-corrected chi connectivity index (χ3v) is 8.42. The van der Waals surface area contributed by atoms with Crippen molar-refractivity contribution in [3.63, 3.8) is 0 Å². The maximum absolute atomic E-state index is 12.7. The van der Waals surface area contributed by atoms with Crippen LogP contribution in [0.2, 0.25) is 0 Å². The lowest BCUT2D eigenvalue weighted by molar-refractivity contribution is -0.346. The van der Waals surface area contributed by atoms with Crippen LogP contribution in [-0.4, -0.2) is 36.9 Å². The summed E-state index contributed by atoms with van der Waals surface area (Å²) in [7, 11) is -2.24. The molecule has 0 bridgehead atoms. The Balaban J connectivity index is 1.66. The molecule has 0 spiro atoms. The molecular weight excluding hydrogens is 456 g/mol. The molecule has 1 amide bonds. The predicted molar refractivity (Wildman–Crippen MR) is 123 cm³/mol. The lowest BCUT2D eigenvalue weighted by atomic mass is 9.87. The van der Waals surface area contributed by atoms with Gasteiger partial charge in [-0.15, -0.1) is 0 Å². The van der Waals surface area contributed by atoms with E-state index >= 15 is 0 Å². The minimum absolute atomic E-state index is 0.356. The van der Waals surface area contributed by atoms with E-state index in [0.29, 0.717) is 30.8 Å². The van der Waals surface area contributed by atoms with E-state index in [2.05, 4.69) is 15.3 Å². The molecule has 164 valence electrons. The van der Waals surface area contributed by atoms with Crippen molar-refractivity contribution in [2.45, 2.75) is 24.2 Å². The van der Waals surface area contributed by atoms with Crippen LogP contribution in [0.25, 0.3) is 10.2 Å². The van der Waals surface area contributed by atoms with Gasteiger partial charge in [0, 0.05) is 34.1 Å². The van der Waals surface area contributed by atoms with Crippen LogP contribution >= 0.6 is 23.3 Å². The molecule has 0 unspecified atom stereocenters. The Morgan fingerprint density at radius 3 is 2.90 bits per heavy atom. The number of rotatable bonds is 5. The summed E-state index contributed by atoms with van der Waals surface area (Å²) >= 11 is 2.66. The summed E-state index contributed by atoms with van der Waals surface area (Å²) in [6.45, 7) is 0. The molecule has 1 aliphatic carbocycles. The highest BCUT2D eigenvalue weighted by molar-refractivity contribution is 7.97. The number of aromatic amines is 1. The van der Waals surface area contributed by atoms with Crippen LogP contribution in [0, 0.1) is 5.92 Å². The smallest absolute Gasteiger partial charge is 0.287 e. The van der Waals surface area contributed by atoms with Gasteiger partial charge in [-0.05, 0) is 60.0 Å². The number of H-pyrrole nitrogens is 1. The molecule has 12 heteroatoms. The van der Waals surface area contributed by atoms with Crippen LogP contribution < -0.4 is 21.2 Å². The maximum Gasteiger partial charge on any atom is 0.287 e. The summed E-state index contributed by atoms with van der Waals surface area (Å²) in [5.41, 5.74) is 8.50. The molecule has 0 radical (unpaired) electrons. The Bertz CT molecular complexity index is 1270. The zero-order chi connectivity index (χ0) is 22.3. The van der Waals surface area contributed by atoms with Gasteiger partial charge in [0.1, 0.15) is 5.39 Å². The number of fused-ring (bicyclic) bond motifs is 3. The molecule has 2 heterocycles. The molecule has 0 fully saturated rings. The van der Waals surface area contributed by atoms with Crippen molar-refractivity contribution < 1.29 is 18.2 Å². The minimum atomic E-state index is -3.56. The van der Waals surface area contributed by atoms with Crippen molar-refractivity contribution in [3.8, 4) is 0 Å². The number of benzene rings is 1. The van der Waals surface area contributed by atoms with Crippen LogP contribution in [0.15, 0.2) is 29.4 Å². The number of thiophene rings is 1. The summed E-state index contributed by atoms with van der Waals surface area (Å²) in [6.07, 6.45) is 4.44. The molecule has 4 rings (SSSR count). The van der Waals surface area contributed by atoms with Gasteiger partial charge in [0.15, 0.2) is 4.83 Å². The van der Waals surface area contributed by atoms with E-state index in [0.717, 1.165) is 53.7 Å². The fraction of sp³-hybridized carbons (Fsp3) is 0.316. The Kier molecular flexibility index (Phi) is 5.81. The van der Waals surface area contributed by atoms with Crippen molar-refractivity contribution >= 4 is 66.6 Å². The summed E-state index contributed by atoms with van der Waals surface area (Å²) in [5, 5.41) is 10.0. The average Bonchev–Trinajstić information content (AvgIpc) is 3.12. The van der Waals surface area contributed by atoms with E-state index in [4.69, 9.17) is 10.9 Å². The molecule has 0 saturated heterocycles. The van der Waals surface area contributed by atoms with Crippen molar-refractivity contribution in [3.05, 3.63) is 35.0 Å². The quantitative estimate of drug-likeness (QED) is 0.372. The second-order valence-electron chi connectivity index (χ2n) is 7.46. The van der Waals surface area contributed by atoms with Gasteiger partial charge in [0.25, 0.3) is 12.1 Å². The number of aromatic nitrogens is 2. The van der Waals surface area contributed by atoms with Gasteiger partial charge in [-0.1, -0.05) is 11.3 Å². The highest BCUT2D eigenvalue weighted by Crippen LogP contribution is 2.40. The predicted octanol–water partition coefficient (Wildman–Crippen LogP) is 1.92. The Labute approximate surface area is 188 Å². The second-order valence-corrected chi connectivity index (χ2v) is 11.3. The zero-order valence-corrected chi connectivity index (χ0v) is 19.5. The number of carbonyl (C=O) groups excluding carboxylic acids is 1. The lowest BCUT2D eigenvalue weighted by Gasteiger charge is -2.25. The van der Waals surface area contributed by atoms with Gasteiger partial charge in [-0.2, -0.15) is 0 Å². The third kappa shape index (κ3) is 4.20. The van der Waals surface area contributed by atoms with Gasteiger partial charge in [-0.25, -0.2) is 17.7 Å². The molecule has 6 N–H and O–H groups in total. The molecule has 31 heavy (non-hydrogen) atoms. The monoisotopic (exact) mass is 479 g/mol. The van der Waals surface area contributed by atoms with Gasteiger partial charge >= 0.3 is 0 Å². The molecule has 1 aromatic carbocycles. The third-order valence-electron chi connectivity index (χ3n) is 5.45. The second kappa shape index (κ2) is 8.26. The molecular formula is C19H23N6O3S3+. The number of hydrogen-bond acceptors (Lipinski definition) is 9. The Morgan fingerprint density at radius 2 is 2.19 bits per heavy atom. The van der Waals surface area contributed by atoms with Crippen molar-refractivity contribution in [2.75, 3.05) is 24.4 Å². The molecule has 1 atom stereocenters. The number of nitrogens with two attached hydrogens (primary N) is 2. The summed E-state index contributed by atoms with van der Waals surface area (Å²) < 4.78 is 24.4. The van der Waals surface area contributed by atoms with E-state index < -0.39 is 10.0 Å². The number of anilines is 3. The number of nitrogen functional groups attached to an aromatic ring is 1. The number of aryl methyl sites for hydroxylation is 1. The SMILES string of the molecule is CN(C(=O)[C@H]1CCc2c(sc3[nH+]cnc(Nc4ccc(N)c(SN)c4)c23)C1)S(C)(=O)=O. The summed E-state index contributed by atoms with van der Waals surface area (Å²) in [4.78, 5) is 23.1. The molecule has 0 aliphatic heterocycles. The Morgan fingerprint density at radius 1 is 1.42 bits per heavy atom. The first-order chi connectivity index (χ1) is 14.7. The summed E-state index contributed by atoms with van der Waals surface area (Å²) in [5.74, 6) is -0.00679. The summed E-state index contributed by atoms with van der Waals surface area (Å²) in [6, 6.07) is 5.54. The topological polar surface area (TPSA) is 146 Å². The first-order valence-corrected chi connectivity index (χ1v) is 13.1. The number of sulfonamides is 1. The van der Waals surface area contributed by atoms with Gasteiger partial charge < -0.3 is 11.1 Å². The van der Waals surface area contributed by atoms with E-state index in [-0.39, 0.29) is 11.8 Å². The van der Waals surface area contributed by atoms with Crippen LogP contribution in [0.3, 0.4) is 0 Å². The number of amides is 1. The van der Waals surface area contributed by atoms with Crippen molar-refractivity contribution in [1.82, 2.24) is 9.29 Å². The Hall–Kier alpha value is -2.41. The molecule has 2 aromatic heterocycles. The lowest BCUT2D eigenvalue weighted by Crippen LogP contribution is -2.38. The number of carbonyl (C=O) groups is 1. The zero-order valence-electron chi connectivity index (χ0n) is 17.0. The number of nitrogens with one attached hydrogen (secondary N) is 2. The normalized spacial score (nSPS) is 16.2. The fourth-order valence-electron chi connectivity index (χ4n) is 3.74. The molecule has 9 nitrogen and oxygen atoms in total. The van der Waals surface area contributed by atoms with E-state index in [1.165, 1.54) is 7.05 Å². The van der Waals surface area contributed by atoms with Crippen LogP contribution in [0.4, 0.5) is 17.2 Å². The van der Waals surface area contributed by atoms with Crippen molar-refractivity contribution in [2.24, 2.45) is 11.1 Å². The first-order valence-electron chi connectivity index (χ1n) is 9.51. The number of nitrogens with zero attached hydrogens (tertiary/aromatic N) is 2. The van der Waals surface area contributed by atoms with Crippen LogP contribution in [0.5, 0.6) is 0 Å². The standard InChI is InChI=1S/C19H22N6O3S3/c1-25(31(2,27)28)19(26)10-3-5-12-14(7-10)29-18-16(12)17(22-9-23-18)24-11-4-6-13(20)15(8-11)30-21/h4,6,8-10H,3,5,7,20-21H2,1-2H3,(H,22,23,24)/p+1/t10-/m0/s1. The van der Waals surface area contributed by atoms with Crippen LogP contribution in [0.1, 0.15) is 16.9 Å². The van der Waals surface area contributed by atoms with E-state index in [1.54, 1.807) is 23.7 Å². The van der Waals surface area contributed by atoms with E-state index in [9.17, 15) is 13.2 Å². The highest BCUT2D eigenvalue weighted by Gasteiger charge is 2.33. The molecule has 3 aromatic rings. The van der Waals surface area contributed by atoms with Crippen molar-refractivity contribution in [1.29, 1.82) is 0 Å².